The molecule has 15 heavy (non-hydrogen) atoms. The van der Waals surface area contributed by atoms with Gasteiger partial charge < -0.3 is 5.32 Å². The second kappa shape index (κ2) is 6.47. The molecular weight excluding hydrogens is 188 g/mol. The minimum Gasteiger partial charge on any atom is -0.344 e. The molecule has 3 nitrogen and oxygen atoms in total. The predicted octanol–water partition coefficient (Wildman–Crippen LogP) is 0.858. The number of carbonyl (C=O) groups excluding carboxylic acids is 1. The summed E-state index contributed by atoms with van der Waals surface area (Å²) < 4.78 is 0. The van der Waals surface area contributed by atoms with Crippen LogP contribution in [0.5, 0.6) is 0 Å². The van der Waals surface area contributed by atoms with Gasteiger partial charge in [-0.15, -0.1) is 6.42 Å². The van der Waals surface area contributed by atoms with Crippen LogP contribution in [0, 0.1) is 18.3 Å². The van der Waals surface area contributed by atoms with E-state index in [4.69, 9.17) is 6.42 Å². The molecule has 0 spiro atoms. The first kappa shape index (κ1) is 12.1. The van der Waals surface area contributed by atoms with Gasteiger partial charge in [0.05, 0.1) is 13.1 Å². The highest BCUT2D eigenvalue weighted by atomic mass is 16.2. The molecule has 1 N–H and O–H groups in total. The van der Waals surface area contributed by atoms with Crippen molar-refractivity contribution in [2.24, 2.45) is 5.92 Å². The molecule has 1 amide bonds. The van der Waals surface area contributed by atoms with E-state index in [1.165, 1.54) is 19.3 Å². The van der Waals surface area contributed by atoms with Crippen LogP contribution in [0.2, 0.25) is 0 Å². The van der Waals surface area contributed by atoms with E-state index in [9.17, 15) is 4.79 Å². The van der Waals surface area contributed by atoms with Gasteiger partial charge in [-0.3, -0.25) is 9.69 Å². The van der Waals surface area contributed by atoms with Gasteiger partial charge in [-0.25, -0.2) is 0 Å². The monoisotopic (exact) mass is 208 g/mol. The first-order valence-electron chi connectivity index (χ1n) is 5.68. The van der Waals surface area contributed by atoms with Crippen molar-refractivity contribution in [2.45, 2.75) is 26.2 Å². The maximum Gasteiger partial charge on any atom is 0.234 e. The van der Waals surface area contributed by atoms with E-state index >= 15 is 0 Å². The Morgan fingerprint density at radius 3 is 3.13 bits per heavy atom. The fourth-order valence-corrected chi connectivity index (χ4v) is 2.11. The molecule has 1 aliphatic heterocycles. The molecule has 1 fully saturated rings. The van der Waals surface area contributed by atoms with Gasteiger partial charge in [0.15, 0.2) is 0 Å². The third-order valence-corrected chi connectivity index (χ3v) is 2.82. The lowest BCUT2D eigenvalue weighted by Crippen LogP contribution is -2.36. The van der Waals surface area contributed by atoms with E-state index in [1.54, 1.807) is 0 Å². The number of carbonyl (C=O) groups is 1. The zero-order valence-corrected chi connectivity index (χ0v) is 9.46. The minimum absolute atomic E-state index is 0.0464. The highest BCUT2D eigenvalue weighted by Gasteiger charge is 2.22. The molecular formula is C12H20N2O. The largest absolute Gasteiger partial charge is 0.344 e. The van der Waals surface area contributed by atoms with E-state index in [1.807, 2.05) is 0 Å². The third-order valence-electron chi connectivity index (χ3n) is 2.82. The molecule has 1 atom stereocenters. The van der Waals surface area contributed by atoms with Crippen LogP contribution in [0.25, 0.3) is 0 Å². The molecule has 0 bridgehead atoms. The Balaban J connectivity index is 2.18. The SMILES string of the molecule is C#CCNC(=O)CN1CCC(CCC)C1. The van der Waals surface area contributed by atoms with E-state index in [-0.39, 0.29) is 5.91 Å². The number of likely N-dealkylation sites (tertiary alicyclic amines) is 1. The summed E-state index contributed by atoms with van der Waals surface area (Å²) in [7, 11) is 0. The molecule has 1 aliphatic rings. The van der Waals surface area contributed by atoms with Gasteiger partial charge in [-0.1, -0.05) is 19.3 Å². The van der Waals surface area contributed by atoms with E-state index in [0.29, 0.717) is 13.1 Å². The summed E-state index contributed by atoms with van der Waals surface area (Å²) in [6.45, 7) is 5.17. The van der Waals surface area contributed by atoms with Crippen molar-refractivity contribution >= 4 is 5.91 Å². The maximum atomic E-state index is 11.4. The lowest BCUT2D eigenvalue weighted by Gasteiger charge is -2.14. The topological polar surface area (TPSA) is 32.3 Å². The summed E-state index contributed by atoms with van der Waals surface area (Å²) in [6, 6.07) is 0. The summed E-state index contributed by atoms with van der Waals surface area (Å²) in [5.74, 6) is 3.24. The average Bonchev–Trinajstić information content (AvgIpc) is 2.63. The Hall–Kier alpha value is -1.01. The Labute approximate surface area is 92.2 Å². The fourth-order valence-electron chi connectivity index (χ4n) is 2.11. The quantitative estimate of drug-likeness (QED) is 0.680. The highest BCUT2D eigenvalue weighted by molar-refractivity contribution is 5.78. The van der Waals surface area contributed by atoms with Gasteiger partial charge in [0, 0.05) is 6.54 Å². The number of hydrogen-bond acceptors (Lipinski definition) is 2. The first-order chi connectivity index (χ1) is 7.26. The summed E-state index contributed by atoms with van der Waals surface area (Å²) in [5.41, 5.74) is 0. The highest BCUT2D eigenvalue weighted by Crippen LogP contribution is 2.20. The van der Waals surface area contributed by atoms with Crippen LogP contribution in [0.4, 0.5) is 0 Å². The van der Waals surface area contributed by atoms with Gasteiger partial charge in [0.2, 0.25) is 5.91 Å². The van der Waals surface area contributed by atoms with Crippen LogP contribution in [0.3, 0.4) is 0 Å². The van der Waals surface area contributed by atoms with Gasteiger partial charge >= 0.3 is 0 Å². The fraction of sp³-hybridized carbons (Fsp3) is 0.750. The number of nitrogens with zero attached hydrogens (tertiary/aromatic N) is 1. The summed E-state index contributed by atoms with van der Waals surface area (Å²) in [6.07, 6.45) is 8.82. The Morgan fingerprint density at radius 2 is 2.47 bits per heavy atom. The van der Waals surface area contributed by atoms with Crippen molar-refractivity contribution in [3.05, 3.63) is 0 Å². The molecule has 0 radical (unpaired) electrons. The predicted molar refractivity (Wildman–Crippen MR) is 61.3 cm³/mol. The van der Waals surface area contributed by atoms with Crippen LogP contribution in [-0.4, -0.2) is 37.0 Å². The molecule has 0 aromatic rings. The summed E-state index contributed by atoms with van der Waals surface area (Å²) >= 11 is 0. The van der Waals surface area contributed by atoms with Crippen LogP contribution < -0.4 is 5.32 Å². The molecule has 3 heteroatoms. The number of rotatable bonds is 5. The molecule has 0 aliphatic carbocycles. The lowest BCUT2D eigenvalue weighted by molar-refractivity contribution is -0.121. The van der Waals surface area contributed by atoms with E-state index in [0.717, 1.165) is 19.0 Å². The van der Waals surface area contributed by atoms with Crippen molar-refractivity contribution in [1.82, 2.24) is 10.2 Å². The molecule has 84 valence electrons. The van der Waals surface area contributed by atoms with Crippen LogP contribution in [-0.2, 0) is 4.79 Å². The maximum absolute atomic E-state index is 11.4. The summed E-state index contributed by atoms with van der Waals surface area (Å²) in [5, 5.41) is 2.69. The zero-order chi connectivity index (χ0) is 11.1. The zero-order valence-electron chi connectivity index (χ0n) is 9.46. The van der Waals surface area contributed by atoms with Crippen molar-refractivity contribution in [3.63, 3.8) is 0 Å². The average molecular weight is 208 g/mol. The smallest absolute Gasteiger partial charge is 0.234 e. The minimum atomic E-state index is 0.0464. The molecule has 1 heterocycles. The normalized spacial score (nSPS) is 21.2. The molecule has 0 aromatic heterocycles. The molecule has 1 saturated heterocycles. The standard InChI is InChI=1S/C12H20N2O/c1-3-5-11-6-8-14(9-11)10-12(15)13-7-4-2/h2,11H,3,5-10H2,1H3,(H,13,15). The van der Waals surface area contributed by atoms with E-state index < -0.39 is 0 Å². The number of amides is 1. The van der Waals surface area contributed by atoms with E-state index in [2.05, 4.69) is 23.1 Å². The second-order valence-electron chi connectivity index (χ2n) is 4.16. The molecule has 1 unspecified atom stereocenters. The van der Waals surface area contributed by atoms with Gasteiger partial charge in [0.25, 0.3) is 0 Å². The van der Waals surface area contributed by atoms with Crippen molar-refractivity contribution in [2.75, 3.05) is 26.2 Å². The van der Waals surface area contributed by atoms with Crippen molar-refractivity contribution in [3.8, 4) is 12.3 Å². The van der Waals surface area contributed by atoms with Gasteiger partial charge in [-0.05, 0) is 25.3 Å². The Bertz CT molecular complexity index is 244. The molecule has 0 aromatic carbocycles. The van der Waals surface area contributed by atoms with Crippen LogP contribution in [0.15, 0.2) is 0 Å². The summed E-state index contributed by atoms with van der Waals surface area (Å²) in [4.78, 5) is 13.6. The van der Waals surface area contributed by atoms with Crippen LogP contribution >= 0.6 is 0 Å². The Kier molecular flexibility index (Phi) is 5.20. The second-order valence-corrected chi connectivity index (χ2v) is 4.16. The third kappa shape index (κ3) is 4.35. The lowest BCUT2D eigenvalue weighted by atomic mass is 10.0. The molecule has 1 rings (SSSR count). The van der Waals surface area contributed by atoms with Gasteiger partial charge in [-0.2, -0.15) is 0 Å². The number of nitrogens with one attached hydrogen (secondary N) is 1. The Morgan fingerprint density at radius 1 is 1.67 bits per heavy atom. The van der Waals surface area contributed by atoms with Crippen LogP contribution in [0.1, 0.15) is 26.2 Å². The van der Waals surface area contributed by atoms with Crippen molar-refractivity contribution in [1.29, 1.82) is 0 Å². The number of hydrogen-bond donors (Lipinski definition) is 1. The first-order valence-corrected chi connectivity index (χ1v) is 5.68. The number of terminal acetylenes is 1. The van der Waals surface area contributed by atoms with Crippen molar-refractivity contribution < 1.29 is 4.79 Å². The molecule has 0 saturated carbocycles. The van der Waals surface area contributed by atoms with Gasteiger partial charge in [0.1, 0.15) is 0 Å².